The molecule has 3 atom stereocenters. The Labute approximate surface area is 438 Å². The number of halogens is 6. The number of nitriles is 1. The summed E-state index contributed by atoms with van der Waals surface area (Å²) < 4.78 is 98.4. The number of unbranched alkanes of at least 4 members (excludes halogenated alkanes) is 1. The van der Waals surface area contributed by atoms with Crippen LogP contribution in [-0.4, -0.2) is 92.6 Å². The maximum Gasteiger partial charge on any atom is 0.420 e. The number of carbonyl (C=O) groups is 4. The van der Waals surface area contributed by atoms with E-state index in [1.807, 2.05) is 52.0 Å². The van der Waals surface area contributed by atoms with Gasteiger partial charge in [0.2, 0.25) is 11.8 Å². The highest BCUT2D eigenvalue weighted by Crippen LogP contribution is 2.42. The van der Waals surface area contributed by atoms with Gasteiger partial charge in [-0.1, -0.05) is 45.0 Å². The quantitative estimate of drug-likeness (QED) is 0.0483. The predicted molar refractivity (Wildman–Crippen MR) is 271 cm³/mol. The fourth-order valence-electron chi connectivity index (χ4n) is 8.97. The summed E-state index contributed by atoms with van der Waals surface area (Å²) in [5, 5.41) is 22.3. The second-order valence-corrected chi connectivity index (χ2v) is 21.0. The minimum atomic E-state index is -5.25. The molecule has 2 fully saturated rings. The fourth-order valence-corrected chi connectivity index (χ4v) is 10.3. The minimum absolute atomic E-state index is 0.0113. The van der Waals surface area contributed by atoms with Gasteiger partial charge in [0.25, 0.3) is 5.91 Å². The second-order valence-electron chi connectivity index (χ2n) is 19.8. The number of anilines is 2. The number of carbonyl (C=O) groups excluding carboxylic acids is 4. The largest absolute Gasteiger partial charge is 0.488 e. The molecule has 3 amide bonds. The highest BCUT2D eigenvalue weighted by atomic mass is 32.1. The van der Waals surface area contributed by atoms with Gasteiger partial charge in [-0.3, -0.25) is 29.1 Å². The molecule has 3 aromatic carbocycles. The average molecular weight is 1080 g/mol. The zero-order valence-corrected chi connectivity index (χ0v) is 43.3. The van der Waals surface area contributed by atoms with Gasteiger partial charge in [0, 0.05) is 44.0 Å². The highest BCUT2D eigenvalue weighted by molar-refractivity contribution is 7.81. The van der Waals surface area contributed by atoms with Gasteiger partial charge >= 0.3 is 6.18 Å². The summed E-state index contributed by atoms with van der Waals surface area (Å²) in [5.41, 5.74) is -1.05. The molecule has 396 valence electrons. The number of Topliss-reactive ketones (excluding diaryl/α,β-unsaturated/α-hetero) is 1. The monoisotopic (exact) mass is 1080 g/mol. The number of ketones is 1. The number of likely N-dealkylation sites (tertiary alicyclic amines) is 1. The Kier molecular flexibility index (Phi) is 16.8. The molecule has 22 heteroatoms. The number of thiazole rings is 1. The molecule has 5 aromatic rings. The van der Waals surface area contributed by atoms with E-state index in [2.05, 4.69) is 15.3 Å². The third-order valence-electron chi connectivity index (χ3n) is 13.0. The van der Waals surface area contributed by atoms with Crippen LogP contribution >= 0.6 is 23.6 Å². The topological polar surface area (TPSA) is 178 Å². The number of aliphatic hydroxyl groups excluding tert-OH is 1. The SMILES string of the molecule is Cc1ncsc1-c1ccc(CNC(=O)[C@@H]2C[C@@H](O)CN2C(=O)[C@@H](CC(=O)COCCCCOc2c(F)cc(-c3ccc(N4C(=S)N(c5ccc(C#N)c(C(F)(F)F)c5F)C(=O)C4(C)C)cn3)cc2F)C(C)(C)C)cc1. The van der Waals surface area contributed by atoms with E-state index in [1.165, 1.54) is 48.0 Å². The first-order valence-corrected chi connectivity index (χ1v) is 25.0. The molecule has 0 aliphatic carbocycles. The molecule has 0 unspecified atom stereocenters. The van der Waals surface area contributed by atoms with E-state index in [9.17, 15) is 42.7 Å². The molecule has 2 aliphatic heterocycles. The van der Waals surface area contributed by atoms with Crippen LogP contribution in [0.25, 0.3) is 21.7 Å². The van der Waals surface area contributed by atoms with Crippen molar-refractivity contribution in [3.63, 3.8) is 0 Å². The first kappa shape index (κ1) is 55.9. The van der Waals surface area contributed by atoms with Crippen molar-refractivity contribution in [1.29, 1.82) is 5.26 Å². The standard InChI is InChI=1S/C53H53F6N7O7S2/c1-29-46(75-28-63-29)31-11-9-30(10-12-31)24-62-47(69)42-22-35(67)26-64(42)48(70)37(51(2,3)4)21-36(68)27-72-17-7-8-18-73-45-38(54)19-33(20-39(45)55)40-15-14-34(25-61-40)66-50(74)65(49(71)52(66,5)6)41-16-13-32(23-60)43(44(41)56)53(57,58)59/h9-16,19-20,25,28,35,37,42,67H,7-8,17-18,21-22,24,26-27H2,1-6H3,(H,62,69)/t35-,37-,42+/m1/s1. The zero-order chi connectivity index (χ0) is 54.7. The summed E-state index contributed by atoms with van der Waals surface area (Å²) in [6.07, 6.45) is -4.43. The number of β-amino-alcohol motifs (C(OH)–C–C–N with tert-alkyl or cyclic N) is 1. The molecular formula is C53H53F6N7O7S2. The molecule has 2 saturated heterocycles. The number of hydrogen-bond acceptors (Lipinski definition) is 12. The Hall–Kier alpha value is -6.80. The van der Waals surface area contributed by atoms with Crippen LogP contribution in [-0.2, 0) is 36.6 Å². The van der Waals surface area contributed by atoms with Crippen molar-refractivity contribution in [3.05, 3.63) is 112 Å². The van der Waals surface area contributed by atoms with Crippen molar-refractivity contribution in [2.24, 2.45) is 11.3 Å². The van der Waals surface area contributed by atoms with Gasteiger partial charge in [-0.05, 0) is 98.8 Å². The Morgan fingerprint density at radius 3 is 2.27 bits per heavy atom. The van der Waals surface area contributed by atoms with Crippen LogP contribution in [0, 0.1) is 47.0 Å². The lowest BCUT2D eigenvalue weighted by Gasteiger charge is -2.34. The summed E-state index contributed by atoms with van der Waals surface area (Å²) in [7, 11) is 0. The van der Waals surface area contributed by atoms with Gasteiger partial charge in [0.05, 0.1) is 63.7 Å². The summed E-state index contributed by atoms with van der Waals surface area (Å²) >= 11 is 7.01. The molecule has 2 N–H and O–H groups in total. The van der Waals surface area contributed by atoms with E-state index in [4.69, 9.17) is 21.7 Å². The number of nitrogens with zero attached hydrogens (tertiary/aromatic N) is 6. The molecule has 4 heterocycles. The third kappa shape index (κ3) is 12.2. The van der Waals surface area contributed by atoms with Gasteiger partial charge in [-0.15, -0.1) is 11.3 Å². The molecule has 2 aromatic heterocycles. The molecule has 14 nitrogen and oxygen atoms in total. The molecular weight excluding hydrogens is 1020 g/mol. The normalized spacial score (nSPS) is 17.1. The van der Waals surface area contributed by atoms with Crippen LogP contribution in [0.15, 0.2) is 72.4 Å². The van der Waals surface area contributed by atoms with E-state index >= 15 is 13.2 Å². The minimum Gasteiger partial charge on any atom is -0.488 e. The Balaban J connectivity index is 0.876. The van der Waals surface area contributed by atoms with Crippen molar-refractivity contribution in [2.45, 2.75) is 97.6 Å². The van der Waals surface area contributed by atoms with Crippen molar-refractivity contribution in [3.8, 4) is 33.5 Å². The lowest BCUT2D eigenvalue weighted by atomic mass is 9.77. The van der Waals surface area contributed by atoms with Gasteiger partial charge in [0.1, 0.15) is 23.8 Å². The highest BCUT2D eigenvalue weighted by Gasteiger charge is 2.52. The van der Waals surface area contributed by atoms with E-state index in [1.54, 1.807) is 16.8 Å². The van der Waals surface area contributed by atoms with Gasteiger partial charge in [0.15, 0.2) is 34.1 Å². The van der Waals surface area contributed by atoms with Crippen molar-refractivity contribution in [1.82, 2.24) is 20.2 Å². The number of pyridine rings is 1. The third-order valence-corrected chi connectivity index (χ3v) is 14.3. The molecule has 0 radical (unpaired) electrons. The fraction of sp³-hybridized carbons (Fsp3) is 0.396. The molecule has 7 rings (SSSR count). The Morgan fingerprint density at radius 2 is 1.67 bits per heavy atom. The van der Waals surface area contributed by atoms with E-state index in [0.717, 1.165) is 46.0 Å². The van der Waals surface area contributed by atoms with Crippen molar-refractivity contribution < 1.29 is 60.1 Å². The number of amides is 3. The van der Waals surface area contributed by atoms with Gasteiger partial charge in [-0.2, -0.15) is 18.4 Å². The lowest BCUT2D eigenvalue weighted by Crippen LogP contribution is -2.50. The summed E-state index contributed by atoms with van der Waals surface area (Å²) in [4.78, 5) is 67.1. The van der Waals surface area contributed by atoms with Crippen LogP contribution < -0.4 is 19.9 Å². The maximum atomic E-state index is 15.4. The predicted octanol–water partition coefficient (Wildman–Crippen LogP) is 9.48. The first-order chi connectivity index (χ1) is 35.3. The van der Waals surface area contributed by atoms with E-state index < -0.39 is 92.9 Å². The summed E-state index contributed by atoms with van der Waals surface area (Å²) in [5.74, 6) is -7.45. The number of aliphatic hydroxyl groups is 1. The Morgan fingerprint density at radius 1 is 0.987 bits per heavy atom. The maximum absolute atomic E-state index is 15.4. The molecule has 0 saturated carbocycles. The van der Waals surface area contributed by atoms with Crippen molar-refractivity contribution in [2.75, 3.05) is 36.2 Å². The lowest BCUT2D eigenvalue weighted by molar-refractivity contribution is -0.146. The Bertz CT molecular complexity index is 3010. The molecule has 0 spiro atoms. The number of rotatable bonds is 18. The van der Waals surface area contributed by atoms with Crippen LogP contribution in [0.1, 0.15) is 82.7 Å². The van der Waals surface area contributed by atoms with Crippen LogP contribution in [0.3, 0.4) is 0 Å². The number of benzene rings is 3. The van der Waals surface area contributed by atoms with Crippen LogP contribution in [0.5, 0.6) is 5.75 Å². The molecule has 2 aliphatic rings. The first-order valence-electron chi connectivity index (χ1n) is 23.7. The molecule has 0 bridgehead atoms. The van der Waals surface area contributed by atoms with E-state index in [-0.39, 0.29) is 80.0 Å². The number of aryl methyl sites for hydroxylation is 1. The number of aromatic nitrogens is 2. The number of thiocarbonyl (C=S) groups is 1. The van der Waals surface area contributed by atoms with Crippen molar-refractivity contribution >= 4 is 63.5 Å². The van der Waals surface area contributed by atoms with Gasteiger partial charge in [-0.25, -0.2) is 18.2 Å². The average Bonchev–Trinajstić information content (AvgIpc) is 4.01. The number of nitrogens with one attached hydrogen (secondary N) is 1. The number of alkyl halides is 3. The van der Waals surface area contributed by atoms with Crippen LogP contribution in [0.2, 0.25) is 0 Å². The number of hydrogen-bond donors (Lipinski definition) is 2. The summed E-state index contributed by atoms with van der Waals surface area (Å²) in [6, 6.07) is 14.5. The molecule has 75 heavy (non-hydrogen) atoms. The summed E-state index contributed by atoms with van der Waals surface area (Å²) in [6.45, 7) is 10.0. The van der Waals surface area contributed by atoms with E-state index in [0.29, 0.717) is 11.3 Å². The number of ether oxygens (including phenoxy) is 2. The van der Waals surface area contributed by atoms with Gasteiger partial charge < -0.3 is 29.7 Å². The second kappa shape index (κ2) is 22.6. The zero-order valence-electron chi connectivity index (χ0n) is 41.7. The van der Waals surface area contributed by atoms with Crippen LogP contribution in [0.4, 0.5) is 37.7 Å². The smallest absolute Gasteiger partial charge is 0.420 e.